The fraction of sp³-hybridized carbons (Fsp3) is 0.542. The minimum atomic E-state index is -1.18. The number of aromatic nitrogens is 5. The van der Waals surface area contributed by atoms with Gasteiger partial charge in [-0.25, -0.2) is 14.1 Å². The van der Waals surface area contributed by atoms with Crippen LogP contribution in [0, 0.1) is 12.7 Å². The molecule has 0 aliphatic carbocycles. The van der Waals surface area contributed by atoms with Gasteiger partial charge in [-0.3, -0.25) is 4.68 Å². The number of hydrogen-bond donors (Lipinski definition) is 1. The van der Waals surface area contributed by atoms with E-state index in [9.17, 15) is 0 Å². The zero-order valence-electron chi connectivity index (χ0n) is 21.5. The first-order chi connectivity index (χ1) is 16.6. The molecule has 3 aromatic heterocycles. The molecule has 11 heteroatoms. The molecular weight excluding hydrogens is 465 g/mol. The van der Waals surface area contributed by atoms with Gasteiger partial charge < -0.3 is 19.7 Å². The van der Waals surface area contributed by atoms with E-state index < -0.39 is 13.9 Å². The van der Waals surface area contributed by atoms with E-state index in [-0.39, 0.29) is 18.6 Å². The normalized spacial score (nSPS) is 16.7. The standard InChI is InChI=1S/C24H36FN7O2Si/c1-17-14-27-30(3)23(17)19-13-21(31-9-10-33-15-18(31)2)29-24(22(19)25)28-20-7-8-26-32(20)16-34-11-12-35(4,5)6/h7-8,13-14,18H,9-12,15-16H2,1-6H3,(H,28,29)/t18-/m1/s1. The molecule has 1 aliphatic rings. The summed E-state index contributed by atoms with van der Waals surface area (Å²) in [6, 6.07) is 4.80. The highest BCUT2D eigenvalue weighted by atomic mass is 28.3. The highest BCUT2D eigenvalue weighted by Crippen LogP contribution is 2.34. The number of hydrogen-bond acceptors (Lipinski definition) is 7. The van der Waals surface area contributed by atoms with Crippen molar-refractivity contribution in [2.24, 2.45) is 7.05 Å². The maximum absolute atomic E-state index is 15.9. The van der Waals surface area contributed by atoms with Gasteiger partial charge in [0.15, 0.2) is 11.6 Å². The first kappa shape index (κ1) is 25.3. The van der Waals surface area contributed by atoms with Gasteiger partial charge in [-0.05, 0) is 31.5 Å². The molecule has 4 heterocycles. The van der Waals surface area contributed by atoms with Crippen molar-refractivity contribution in [2.75, 3.05) is 36.6 Å². The molecule has 0 radical (unpaired) electrons. The van der Waals surface area contributed by atoms with Crippen LogP contribution >= 0.6 is 0 Å². The molecule has 0 spiro atoms. The lowest BCUT2D eigenvalue weighted by Crippen LogP contribution is -2.44. The van der Waals surface area contributed by atoms with Gasteiger partial charge in [-0.2, -0.15) is 10.2 Å². The Morgan fingerprint density at radius 2 is 2.09 bits per heavy atom. The van der Waals surface area contributed by atoms with Crippen molar-refractivity contribution in [3.05, 3.63) is 35.9 Å². The van der Waals surface area contributed by atoms with Crippen molar-refractivity contribution >= 4 is 25.5 Å². The quantitative estimate of drug-likeness (QED) is 0.344. The van der Waals surface area contributed by atoms with Gasteiger partial charge in [0.2, 0.25) is 0 Å². The molecule has 0 bridgehead atoms. The number of pyridine rings is 1. The summed E-state index contributed by atoms with van der Waals surface area (Å²) in [5, 5.41) is 11.8. The summed E-state index contributed by atoms with van der Waals surface area (Å²) in [5.41, 5.74) is 2.06. The van der Waals surface area contributed by atoms with Crippen LogP contribution in [0.15, 0.2) is 24.5 Å². The largest absolute Gasteiger partial charge is 0.377 e. The minimum absolute atomic E-state index is 0.125. The Kier molecular flexibility index (Phi) is 7.58. The summed E-state index contributed by atoms with van der Waals surface area (Å²) in [5.74, 6) is 1.01. The van der Waals surface area contributed by atoms with E-state index in [2.05, 4.69) is 47.0 Å². The number of nitrogens with zero attached hydrogens (tertiary/aromatic N) is 6. The van der Waals surface area contributed by atoms with Gasteiger partial charge in [0, 0.05) is 39.9 Å². The molecule has 9 nitrogen and oxygen atoms in total. The molecule has 1 saturated heterocycles. The smallest absolute Gasteiger partial charge is 0.175 e. The zero-order valence-corrected chi connectivity index (χ0v) is 22.5. The topological polar surface area (TPSA) is 82.3 Å². The number of nitrogens with one attached hydrogen (secondary N) is 1. The average molecular weight is 502 g/mol. The lowest BCUT2D eigenvalue weighted by Gasteiger charge is -2.34. The van der Waals surface area contributed by atoms with Gasteiger partial charge in [0.25, 0.3) is 0 Å². The Morgan fingerprint density at radius 1 is 1.29 bits per heavy atom. The SMILES string of the molecule is Cc1cnn(C)c1-c1cc(N2CCOC[C@H]2C)nc(Nc2ccnn2COCC[Si](C)(C)C)c1F. The third kappa shape index (κ3) is 5.91. The molecule has 3 aromatic rings. The molecule has 1 aliphatic heterocycles. The minimum Gasteiger partial charge on any atom is -0.377 e. The van der Waals surface area contributed by atoms with E-state index in [0.29, 0.717) is 43.6 Å². The number of aryl methyl sites for hydroxylation is 2. The van der Waals surface area contributed by atoms with Gasteiger partial charge in [-0.15, -0.1) is 0 Å². The average Bonchev–Trinajstić information content (AvgIpc) is 3.38. The van der Waals surface area contributed by atoms with Crippen LogP contribution in [-0.4, -0.2) is 65.0 Å². The van der Waals surface area contributed by atoms with Gasteiger partial charge in [-0.1, -0.05) is 19.6 Å². The Balaban J connectivity index is 1.66. The van der Waals surface area contributed by atoms with Crippen LogP contribution in [0.25, 0.3) is 11.3 Å². The van der Waals surface area contributed by atoms with Crippen LogP contribution < -0.4 is 10.2 Å². The van der Waals surface area contributed by atoms with Crippen molar-refractivity contribution in [2.45, 2.75) is 52.3 Å². The van der Waals surface area contributed by atoms with E-state index in [1.54, 1.807) is 27.8 Å². The molecule has 0 unspecified atom stereocenters. The van der Waals surface area contributed by atoms with E-state index in [0.717, 1.165) is 17.3 Å². The maximum atomic E-state index is 15.9. The van der Waals surface area contributed by atoms with Crippen LogP contribution in [0.4, 0.5) is 21.8 Å². The van der Waals surface area contributed by atoms with Crippen LogP contribution in [0.3, 0.4) is 0 Å². The van der Waals surface area contributed by atoms with E-state index in [4.69, 9.17) is 14.5 Å². The van der Waals surface area contributed by atoms with Crippen molar-refractivity contribution in [3.63, 3.8) is 0 Å². The third-order valence-corrected chi connectivity index (χ3v) is 7.86. The van der Waals surface area contributed by atoms with E-state index in [1.807, 2.05) is 20.0 Å². The fourth-order valence-electron chi connectivity index (χ4n) is 4.11. The predicted molar refractivity (Wildman–Crippen MR) is 138 cm³/mol. The van der Waals surface area contributed by atoms with E-state index in [1.165, 1.54) is 0 Å². The lowest BCUT2D eigenvalue weighted by molar-refractivity contribution is 0.0801. The summed E-state index contributed by atoms with van der Waals surface area (Å²) >= 11 is 0. The van der Waals surface area contributed by atoms with Gasteiger partial charge in [0.1, 0.15) is 18.4 Å². The van der Waals surface area contributed by atoms with Gasteiger partial charge >= 0.3 is 0 Å². The molecular formula is C24H36FN7O2Si. The van der Waals surface area contributed by atoms with Crippen molar-refractivity contribution < 1.29 is 13.9 Å². The first-order valence-electron chi connectivity index (χ1n) is 12.0. The maximum Gasteiger partial charge on any atom is 0.175 e. The molecule has 35 heavy (non-hydrogen) atoms. The first-order valence-corrected chi connectivity index (χ1v) is 15.8. The summed E-state index contributed by atoms with van der Waals surface area (Å²) in [6.07, 6.45) is 3.41. The van der Waals surface area contributed by atoms with E-state index >= 15 is 4.39 Å². The Labute approximate surface area is 207 Å². The Bertz CT molecular complexity index is 1140. The predicted octanol–water partition coefficient (Wildman–Crippen LogP) is 4.41. The Morgan fingerprint density at radius 3 is 2.77 bits per heavy atom. The van der Waals surface area contributed by atoms with Crippen molar-refractivity contribution in [1.82, 2.24) is 24.5 Å². The number of ether oxygens (including phenoxy) is 2. The summed E-state index contributed by atoms with van der Waals surface area (Å²) in [6.45, 7) is 13.8. The second-order valence-electron chi connectivity index (χ2n) is 10.3. The molecule has 1 fully saturated rings. The second-order valence-corrected chi connectivity index (χ2v) is 15.9. The highest BCUT2D eigenvalue weighted by Gasteiger charge is 2.25. The van der Waals surface area contributed by atoms with Crippen LogP contribution in [0.1, 0.15) is 12.5 Å². The summed E-state index contributed by atoms with van der Waals surface area (Å²) in [4.78, 5) is 6.85. The number of rotatable bonds is 9. The summed E-state index contributed by atoms with van der Waals surface area (Å²) < 4.78 is 30.8. The number of anilines is 3. The Hall–Kier alpha value is -2.76. The van der Waals surface area contributed by atoms with Crippen LogP contribution in [0.2, 0.25) is 25.7 Å². The number of morpholine rings is 1. The second kappa shape index (κ2) is 10.5. The lowest BCUT2D eigenvalue weighted by atomic mass is 10.1. The molecule has 0 aromatic carbocycles. The molecule has 0 saturated carbocycles. The summed E-state index contributed by atoms with van der Waals surface area (Å²) in [7, 11) is 0.636. The third-order valence-electron chi connectivity index (χ3n) is 6.16. The molecule has 1 atom stereocenters. The highest BCUT2D eigenvalue weighted by molar-refractivity contribution is 6.76. The van der Waals surface area contributed by atoms with Crippen molar-refractivity contribution in [1.29, 1.82) is 0 Å². The number of halogens is 1. The zero-order chi connectivity index (χ0) is 25.2. The van der Waals surface area contributed by atoms with Crippen molar-refractivity contribution in [3.8, 4) is 11.3 Å². The van der Waals surface area contributed by atoms with Gasteiger partial charge in [0.05, 0.1) is 37.3 Å². The monoisotopic (exact) mass is 501 g/mol. The molecule has 190 valence electrons. The molecule has 4 rings (SSSR count). The molecule has 1 N–H and O–H groups in total. The van der Waals surface area contributed by atoms with Crippen LogP contribution in [-0.2, 0) is 23.3 Å². The van der Waals surface area contributed by atoms with Crippen LogP contribution in [0.5, 0.6) is 0 Å². The fourth-order valence-corrected chi connectivity index (χ4v) is 4.87. The molecule has 0 amide bonds.